The van der Waals surface area contributed by atoms with Crippen LogP contribution in [0.5, 0.6) is 0 Å². The summed E-state index contributed by atoms with van der Waals surface area (Å²) in [6.45, 7) is 0.774. The Bertz CT molecular complexity index is 556. The van der Waals surface area contributed by atoms with Crippen LogP contribution < -0.4 is 10.6 Å². The summed E-state index contributed by atoms with van der Waals surface area (Å²) in [6, 6.07) is 6.73. The number of anilines is 1. The molecule has 2 saturated carbocycles. The van der Waals surface area contributed by atoms with Crippen LogP contribution in [0.1, 0.15) is 25.7 Å². The summed E-state index contributed by atoms with van der Waals surface area (Å²) in [7, 11) is 0. The lowest BCUT2D eigenvalue weighted by molar-refractivity contribution is 0.292. The van der Waals surface area contributed by atoms with E-state index in [9.17, 15) is 4.39 Å². The number of halogens is 1. The molecule has 4 rings (SSSR count). The number of hydrogen-bond acceptors (Lipinski definition) is 3. The Morgan fingerprint density at radius 3 is 2.95 bits per heavy atom. The first-order chi connectivity index (χ1) is 9.19. The van der Waals surface area contributed by atoms with Gasteiger partial charge in [0.15, 0.2) is 5.96 Å². The van der Waals surface area contributed by atoms with Crippen LogP contribution in [0.3, 0.4) is 0 Å². The van der Waals surface area contributed by atoms with Gasteiger partial charge in [-0.15, -0.1) is 0 Å². The lowest BCUT2D eigenvalue weighted by Gasteiger charge is -2.42. The third kappa shape index (κ3) is 1.46. The average Bonchev–Trinajstić information content (AvgIpc) is 3.05. The van der Waals surface area contributed by atoms with Crippen molar-refractivity contribution in [3.63, 3.8) is 0 Å². The van der Waals surface area contributed by atoms with Gasteiger partial charge in [-0.25, -0.2) is 4.39 Å². The van der Waals surface area contributed by atoms with E-state index in [1.54, 1.807) is 12.1 Å². The molecule has 0 radical (unpaired) electrons. The lowest BCUT2D eigenvalue weighted by Crippen LogP contribution is -2.55. The van der Waals surface area contributed by atoms with Gasteiger partial charge in [-0.3, -0.25) is 4.99 Å². The fourth-order valence-corrected chi connectivity index (χ4v) is 4.47. The van der Waals surface area contributed by atoms with Crippen molar-refractivity contribution < 1.29 is 4.39 Å². The minimum absolute atomic E-state index is 0.0286. The summed E-state index contributed by atoms with van der Waals surface area (Å²) < 4.78 is 13.5. The van der Waals surface area contributed by atoms with Crippen LogP contribution in [0.25, 0.3) is 0 Å². The Balaban J connectivity index is 1.78. The van der Waals surface area contributed by atoms with E-state index in [1.807, 2.05) is 6.07 Å². The van der Waals surface area contributed by atoms with Gasteiger partial charge in [-0.2, -0.15) is 0 Å². The van der Waals surface area contributed by atoms with Gasteiger partial charge in [0.1, 0.15) is 5.82 Å². The van der Waals surface area contributed by atoms with Gasteiger partial charge < -0.3 is 10.6 Å². The van der Waals surface area contributed by atoms with Crippen LogP contribution in [0.4, 0.5) is 10.1 Å². The number of nitrogens with zero attached hydrogens (tertiary/aromatic N) is 2. The first-order valence-electron chi connectivity index (χ1n) is 7.05. The maximum absolute atomic E-state index is 13.5. The van der Waals surface area contributed by atoms with Crippen molar-refractivity contribution in [2.75, 3.05) is 11.4 Å². The second-order valence-electron chi connectivity index (χ2n) is 6.17. The molecule has 2 N–H and O–H groups in total. The molecular formula is C15H18FN3. The molecule has 2 bridgehead atoms. The van der Waals surface area contributed by atoms with Crippen LogP contribution in [0, 0.1) is 17.7 Å². The van der Waals surface area contributed by atoms with Gasteiger partial charge in [-0.05, 0) is 55.7 Å². The molecule has 19 heavy (non-hydrogen) atoms. The summed E-state index contributed by atoms with van der Waals surface area (Å²) in [5, 5.41) is 0. The molecule has 2 aliphatic carbocycles. The van der Waals surface area contributed by atoms with Crippen molar-refractivity contribution in [2.45, 2.75) is 31.2 Å². The maximum atomic E-state index is 13.5. The molecule has 0 aromatic heterocycles. The number of aliphatic imine (C=N–C) groups is 1. The van der Waals surface area contributed by atoms with Crippen molar-refractivity contribution in [2.24, 2.45) is 22.6 Å². The number of guanidine groups is 1. The van der Waals surface area contributed by atoms with E-state index in [4.69, 9.17) is 5.73 Å². The van der Waals surface area contributed by atoms with E-state index in [-0.39, 0.29) is 11.4 Å². The molecule has 1 spiro atoms. The van der Waals surface area contributed by atoms with Crippen LogP contribution in [0.15, 0.2) is 29.3 Å². The van der Waals surface area contributed by atoms with E-state index < -0.39 is 0 Å². The third-order valence-corrected chi connectivity index (χ3v) is 5.20. The Morgan fingerprint density at radius 1 is 1.37 bits per heavy atom. The molecule has 4 heteroatoms. The van der Waals surface area contributed by atoms with Crippen molar-refractivity contribution >= 4 is 11.6 Å². The second-order valence-corrected chi connectivity index (χ2v) is 6.17. The zero-order chi connectivity index (χ0) is 13.0. The highest BCUT2D eigenvalue weighted by Crippen LogP contribution is 2.55. The molecule has 1 aromatic carbocycles. The minimum atomic E-state index is -0.212. The molecule has 0 saturated heterocycles. The molecule has 3 nitrogen and oxygen atoms in total. The first-order valence-corrected chi connectivity index (χ1v) is 7.05. The molecule has 3 atom stereocenters. The smallest absolute Gasteiger partial charge is 0.196 e. The van der Waals surface area contributed by atoms with E-state index in [0.717, 1.165) is 24.6 Å². The summed E-state index contributed by atoms with van der Waals surface area (Å²) in [5.41, 5.74) is 6.98. The van der Waals surface area contributed by atoms with Gasteiger partial charge in [0.25, 0.3) is 0 Å². The van der Waals surface area contributed by atoms with Crippen molar-refractivity contribution in [3.05, 3.63) is 30.1 Å². The average molecular weight is 259 g/mol. The molecule has 2 fully saturated rings. The highest BCUT2D eigenvalue weighted by molar-refractivity contribution is 5.98. The van der Waals surface area contributed by atoms with E-state index in [2.05, 4.69) is 9.89 Å². The number of nitrogens with two attached hydrogens (primary N) is 1. The standard InChI is InChI=1S/C15H18FN3/c16-12-2-1-3-13(7-12)19-14(17)18-9-15(19)8-10-4-5-11(15)6-10/h1-3,7,10-11H,4-6,8-9H2,(H2,17,18). The van der Waals surface area contributed by atoms with E-state index in [0.29, 0.717) is 11.9 Å². The van der Waals surface area contributed by atoms with Crippen molar-refractivity contribution in [1.82, 2.24) is 0 Å². The van der Waals surface area contributed by atoms with Crippen molar-refractivity contribution in [3.8, 4) is 0 Å². The zero-order valence-corrected chi connectivity index (χ0v) is 10.8. The third-order valence-electron chi connectivity index (χ3n) is 5.20. The minimum Gasteiger partial charge on any atom is -0.369 e. The van der Waals surface area contributed by atoms with Crippen LogP contribution in [-0.2, 0) is 0 Å². The Morgan fingerprint density at radius 2 is 2.26 bits per heavy atom. The molecule has 1 aromatic rings. The number of rotatable bonds is 1. The Labute approximate surface area is 112 Å². The number of hydrogen-bond donors (Lipinski definition) is 1. The monoisotopic (exact) mass is 259 g/mol. The normalized spacial score (nSPS) is 36.3. The van der Waals surface area contributed by atoms with Crippen LogP contribution in [-0.4, -0.2) is 18.0 Å². The van der Waals surface area contributed by atoms with Crippen LogP contribution in [0.2, 0.25) is 0 Å². The second kappa shape index (κ2) is 3.71. The number of benzene rings is 1. The van der Waals surface area contributed by atoms with Gasteiger partial charge in [0, 0.05) is 5.69 Å². The van der Waals surface area contributed by atoms with Gasteiger partial charge in [-0.1, -0.05) is 6.07 Å². The molecule has 1 heterocycles. The first kappa shape index (κ1) is 11.3. The fourth-order valence-electron chi connectivity index (χ4n) is 4.47. The SMILES string of the molecule is NC1=NCC2(CC3CCC2C3)N1c1cccc(F)c1. The summed E-state index contributed by atoms with van der Waals surface area (Å²) in [4.78, 5) is 6.59. The molecule has 3 aliphatic rings. The Kier molecular flexibility index (Phi) is 2.20. The van der Waals surface area contributed by atoms with Gasteiger partial charge >= 0.3 is 0 Å². The topological polar surface area (TPSA) is 41.6 Å². The van der Waals surface area contributed by atoms with Gasteiger partial charge in [0.2, 0.25) is 0 Å². The van der Waals surface area contributed by atoms with E-state index >= 15 is 0 Å². The fraction of sp³-hybridized carbons (Fsp3) is 0.533. The van der Waals surface area contributed by atoms with Gasteiger partial charge in [0.05, 0.1) is 12.1 Å². The summed E-state index contributed by atoms with van der Waals surface area (Å²) in [6.07, 6.45) is 5.04. The Hall–Kier alpha value is -1.58. The van der Waals surface area contributed by atoms with Crippen molar-refractivity contribution in [1.29, 1.82) is 0 Å². The number of fused-ring (bicyclic) bond motifs is 3. The molecule has 1 aliphatic heterocycles. The summed E-state index contributed by atoms with van der Waals surface area (Å²) >= 11 is 0. The highest BCUT2D eigenvalue weighted by atomic mass is 19.1. The predicted octanol–water partition coefficient (Wildman–Crippen LogP) is 2.52. The highest BCUT2D eigenvalue weighted by Gasteiger charge is 2.57. The summed E-state index contributed by atoms with van der Waals surface area (Å²) in [5.74, 6) is 1.81. The van der Waals surface area contributed by atoms with E-state index in [1.165, 1.54) is 25.3 Å². The zero-order valence-electron chi connectivity index (χ0n) is 10.8. The largest absolute Gasteiger partial charge is 0.369 e. The molecule has 3 unspecified atom stereocenters. The molecular weight excluding hydrogens is 241 g/mol. The van der Waals surface area contributed by atoms with Crippen LogP contribution >= 0.6 is 0 Å². The molecule has 0 amide bonds. The predicted molar refractivity (Wildman–Crippen MR) is 73.5 cm³/mol. The quantitative estimate of drug-likeness (QED) is 0.842. The maximum Gasteiger partial charge on any atom is 0.196 e. The molecule has 100 valence electrons. The lowest BCUT2D eigenvalue weighted by atomic mass is 9.80.